The van der Waals surface area contributed by atoms with Gasteiger partial charge in [0, 0.05) is 48.3 Å². The topological polar surface area (TPSA) is 66.1 Å². The molecule has 6 heteroatoms. The van der Waals surface area contributed by atoms with Crippen LogP contribution >= 0.6 is 0 Å². The van der Waals surface area contributed by atoms with Crippen LogP contribution < -0.4 is 0 Å². The molecule has 0 N–H and O–H groups in total. The lowest BCUT2D eigenvalue weighted by Crippen LogP contribution is -2.01. The lowest BCUT2D eigenvalue weighted by atomic mass is 9.88. The smallest absolute Gasteiger partial charge is 0.405 e. The third-order valence-electron chi connectivity index (χ3n) is 5.55. The first-order chi connectivity index (χ1) is 14.0. The molecule has 0 aliphatic carbocycles. The molecule has 0 amide bonds. The number of aryl methyl sites for hydroxylation is 2. The van der Waals surface area contributed by atoms with Crippen molar-refractivity contribution in [1.82, 2.24) is 9.13 Å². The molecule has 3 heterocycles. The van der Waals surface area contributed by atoms with Crippen LogP contribution in [-0.4, -0.2) is 14.1 Å². The number of hydrogen-bond donors (Lipinski definition) is 0. The van der Waals surface area contributed by atoms with E-state index >= 15 is 0 Å². The molecular weight excluding hydrogens is 366 g/mol. The van der Waals surface area contributed by atoms with Gasteiger partial charge < -0.3 is 13.6 Å². The largest absolute Gasteiger partial charge is 0.433 e. The van der Waals surface area contributed by atoms with E-state index in [1.54, 1.807) is 6.07 Å². The number of furan rings is 1. The zero-order valence-electron chi connectivity index (χ0n) is 16.1. The number of fused-ring (bicyclic) bond motifs is 2. The Morgan fingerprint density at radius 1 is 0.828 bits per heavy atom. The molecule has 0 bridgehead atoms. The van der Waals surface area contributed by atoms with Crippen LogP contribution in [-0.2, 0) is 14.1 Å². The zero-order chi connectivity index (χ0) is 20.1. The molecule has 29 heavy (non-hydrogen) atoms. The third-order valence-corrected chi connectivity index (χ3v) is 5.55. The summed E-state index contributed by atoms with van der Waals surface area (Å²) in [6, 6.07) is 19.5. The molecule has 0 aliphatic heterocycles. The van der Waals surface area contributed by atoms with E-state index < -0.39 is 4.92 Å². The minimum Gasteiger partial charge on any atom is -0.405 e. The van der Waals surface area contributed by atoms with E-state index in [1.807, 2.05) is 38.4 Å². The predicted octanol–water partition coefficient (Wildman–Crippen LogP) is 5.35. The molecule has 0 aliphatic rings. The van der Waals surface area contributed by atoms with E-state index in [0.29, 0.717) is 5.76 Å². The molecule has 0 spiro atoms. The molecule has 5 rings (SSSR count). The van der Waals surface area contributed by atoms with Crippen LogP contribution in [0.15, 0.2) is 77.5 Å². The Morgan fingerprint density at radius 2 is 1.34 bits per heavy atom. The molecule has 0 saturated heterocycles. The first-order valence-electron chi connectivity index (χ1n) is 9.36. The maximum absolute atomic E-state index is 11.2. The van der Waals surface area contributed by atoms with Gasteiger partial charge in [0.05, 0.1) is 12.0 Å². The van der Waals surface area contributed by atoms with Crippen LogP contribution in [0.1, 0.15) is 22.8 Å². The van der Waals surface area contributed by atoms with Crippen molar-refractivity contribution < 1.29 is 9.34 Å². The Hall–Kier alpha value is -3.80. The van der Waals surface area contributed by atoms with E-state index in [4.69, 9.17) is 4.42 Å². The van der Waals surface area contributed by atoms with Gasteiger partial charge in [0.2, 0.25) is 0 Å². The summed E-state index contributed by atoms with van der Waals surface area (Å²) in [5, 5.41) is 13.5. The van der Waals surface area contributed by atoms with Crippen molar-refractivity contribution >= 4 is 27.7 Å². The van der Waals surface area contributed by atoms with Gasteiger partial charge in [-0.1, -0.05) is 36.4 Å². The molecule has 6 nitrogen and oxygen atoms in total. The highest BCUT2D eigenvalue weighted by molar-refractivity contribution is 5.89. The highest BCUT2D eigenvalue weighted by atomic mass is 16.6. The Bertz CT molecular complexity index is 1290. The number of para-hydroxylation sites is 2. The number of nitrogens with zero attached hydrogens (tertiary/aromatic N) is 3. The molecule has 0 saturated carbocycles. The van der Waals surface area contributed by atoms with Crippen molar-refractivity contribution in [3.8, 4) is 0 Å². The van der Waals surface area contributed by atoms with Crippen LogP contribution in [0.4, 0.5) is 5.88 Å². The van der Waals surface area contributed by atoms with Crippen molar-refractivity contribution in [3.63, 3.8) is 0 Å². The Morgan fingerprint density at radius 3 is 1.83 bits per heavy atom. The van der Waals surface area contributed by atoms with Crippen molar-refractivity contribution in [2.24, 2.45) is 14.1 Å². The van der Waals surface area contributed by atoms with E-state index in [0.717, 1.165) is 32.9 Å². The molecule has 0 radical (unpaired) electrons. The maximum Gasteiger partial charge on any atom is 0.433 e. The maximum atomic E-state index is 11.2. The van der Waals surface area contributed by atoms with E-state index in [2.05, 4.69) is 45.8 Å². The van der Waals surface area contributed by atoms with Gasteiger partial charge in [-0.05, 0) is 29.3 Å². The quantitative estimate of drug-likeness (QED) is 0.309. The first-order valence-corrected chi connectivity index (χ1v) is 9.36. The molecule has 3 aromatic heterocycles. The second-order valence-corrected chi connectivity index (χ2v) is 7.29. The van der Waals surface area contributed by atoms with Gasteiger partial charge in [0.25, 0.3) is 0 Å². The monoisotopic (exact) mass is 385 g/mol. The Labute approximate surface area is 166 Å². The molecule has 0 fully saturated rings. The van der Waals surface area contributed by atoms with Gasteiger partial charge in [0.15, 0.2) is 0 Å². The zero-order valence-corrected chi connectivity index (χ0v) is 16.1. The number of hydrogen-bond acceptors (Lipinski definition) is 3. The summed E-state index contributed by atoms with van der Waals surface area (Å²) < 4.78 is 9.88. The standard InChI is InChI=1S/C23H19N3O3/c1-24-13-17(15-7-3-5-9-19(15)24)23(21-11-12-22(29-21)26(27)28)18-14-25(2)20-10-6-4-8-16(18)20/h3-14,23H,1-2H3. The highest BCUT2D eigenvalue weighted by Gasteiger charge is 2.28. The molecule has 0 atom stereocenters. The second kappa shape index (κ2) is 6.38. The van der Waals surface area contributed by atoms with Crippen molar-refractivity contribution in [3.05, 3.63) is 100 Å². The number of nitro groups is 1. The molecule has 144 valence electrons. The fourth-order valence-electron chi connectivity index (χ4n) is 4.28. The summed E-state index contributed by atoms with van der Waals surface area (Å²) in [4.78, 5) is 10.8. The van der Waals surface area contributed by atoms with Crippen LogP contribution in [0.3, 0.4) is 0 Å². The first kappa shape index (κ1) is 17.3. The predicted molar refractivity (Wildman–Crippen MR) is 112 cm³/mol. The lowest BCUT2D eigenvalue weighted by Gasteiger charge is -2.14. The number of rotatable bonds is 4. The van der Waals surface area contributed by atoms with Crippen molar-refractivity contribution in [1.29, 1.82) is 0 Å². The number of aromatic nitrogens is 2. The summed E-state index contributed by atoms with van der Waals surface area (Å²) in [6.07, 6.45) is 4.18. The van der Waals surface area contributed by atoms with E-state index in [9.17, 15) is 10.1 Å². The third kappa shape index (κ3) is 2.64. The van der Waals surface area contributed by atoms with Gasteiger partial charge in [0.1, 0.15) is 10.7 Å². The molecule has 0 unspecified atom stereocenters. The number of benzene rings is 2. The summed E-state index contributed by atoms with van der Waals surface area (Å²) in [5.74, 6) is 0.0516. The normalized spacial score (nSPS) is 11.7. The van der Waals surface area contributed by atoms with Gasteiger partial charge in [-0.2, -0.15) is 0 Å². The molecule has 2 aromatic carbocycles. The highest BCUT2D eigenvalue weighted by Crippen LogP contribution is 2.41. The van der Waals surface area contributed by atoms with Crippen LogP contribution in [0.5, 0.6) is 0 Å². The molecular formula is C23H19N3O3. The van der Waals surface area contributed by atoms with Gasteiger partial charge in [-0.3, -0.25) is 10.1 Å². The fraction of sp³-hybridized carbons (Fsp3) is 0.130. The minimum absolute atomic E-state index is 0.245. The summed E-state index contributed by atoms with van der Waals surface area (Å²) in [5.41, 5.74) is 4.33. The van der Waals surface area contributed by atoms with Gasteiger partial charge in [-0.15, -0.1) is 0 Å². The van der Waals surface area contributed by atoms with E-state index in [1.165, 1.54) is 6.07 Å². The Kier molecular flexibility index (Phi) is 3.81. The van der Waals surface area contributed by atoms with Crippen molar-refractivity contribution in [2.75, 3.05) is 0 Å². The second-order valence-electron chi connectivity index (χ2n) is 7.29. The SMILES string of the molecule is Cn1cc(C(c2ccc([N+](=O)[O-])o2)c2cn(C)c3ccccc23)c2ccccc21. The van der Waals surface area contributed by atoms with Gasteiger partial charge in [-0.25, -0.2) is 0 Å². The van der Waals surface area contributed by atoms with Crippen LogP contribution in [0, 0.1) is 10.1 Å². The van der Waals surface area contributed by atoms with E-state index in [-0.39, 0.29) is 11.8 Å². The minimum atomic E-state index is -0.493. The van der Waals surface area contributed by atoms with Crippen LogP contribution in [0.25, 0.3) is 21.8 Å². The lowest BCUT2D eigenvalue weighted by molar-refractivity contribution is -0.402. The summed E-state index contributed by atoms with van der Waals surface area (Å²) in [6.45, 7) is 0. The molecule has 5 aromatic rings. The van der Waals surface area contributed by atoms with Gasteiger partial charge >= 0.3 is 5.88 Å². The average molecular weight is 385 g/mol. The average Bonchev–Trinajstić information content (AvgIpc) is 3.42. The van der Waals surface area contributed by atoms with Crippen LogP contribution in [0.2, 0.25) is 0 Å². The fourth-order valence-corrected chi connectivity index (χ4v) is 4.28. The summed E-state index contributed by atoms with van der Waals surface area (Å²) in [7, 11) is 4.02. The van der Waals surface area contributed by atoms with Crippen molar-refractivity contribution in [2.45, 2.75) is 5.92 Å². The summed E-state index contributed by atoms with van der Waals surface area (Å²) >= 11 is 0. The Balaban J connectivity index is 1.83.